The van der Waals surface area contributed by atoms with Crippen molar-refractivity contribution >= 4 is 23.1 Å². The van der Waals surface area contributed by atoms with E-state index < -0.39 is 0 Å². The monoisotopic (exact) mass is 336 g/mol. The Bertz CT molecular complexity index is 436. The van der Waals surface area contributed by atoms with Crippen LogP contribution in [0.5, 0.6) is 0 Å². The van der Waals surface area contributed by atoms with Crippen molar-refractivity contribution in [3.05, 3.63) is 0 Å². The van der Waals surface area contributed by atoms with Crippen molar-refractivity contribution in [2.45, 2.75) is 79.1 Å². The standard InChI is InChI=1S/2C10H16O2/c2*1-3-8-6-9(7(2)11)4-5-10(8)12/h2*8-9H,3-6H2,1-2H3. The SMILES string of the molecule is CCC1CC(C(C)=O)CCC1=O.CCC1CC(C(C)=O)CCC1=O. The van der Waals surface area contributed by atoms with Crippen LogP contribution in [0, 0.1) is 23.7 Å². The fourth-order valence-electron chi connectivity index (χ4n) is 3.75. The molecule has 0 radical (unpaired) electrons. The molecule has 0 N–H and O–H groups in total. The Hall–Kier alpha value is -1.32. The van der Waals surface area contributed by atoms with E-state index in [4.69, 9.17) is 0 Å². The van der Waals surface area contributed by atoms with Crippen LogP contribution < -0.4 is 0 Å². The summed E-state index contributed by atoms with van der Waals surface area (Å²) in [6.45, 7) is 7.30. The summed E-state index contributed by atoms with van der Waals surface area (Å²) < 4.78 is 0. The van der Waals surface area contributed by atoms with Gasteiger partial charge in [0.25, 0.3) is 0 Å². The Kier molecular flexibility index (Phi) is 8.51. The van der Waals surface area contributed by atoms with Crippen LogP contribution in [-0.2, 0) is 19.2 Å². The molecular formula is C20H32O4. The normalized spacial score (nSPS) is 30.3. The van der Waals surface area contributed by atoms with E-state index in [0.29, 0.717) is 24.4 Å². The van der Waals surface area contributed by atoms with Crippen LogP contribution in [0.2, 0.25) is 0 Å². The number of hydrogen-bond acceptors (Lipinski definition) is 4. The van der Waals surface area contributed by atoms with Gasteiger partial charge in [-0.1, -0.05) is 13.8 Å². The minimum atomic E-state index is 0.160. The first-order valence-electron chi connectivity index (χ1n) is 9.36. The zero-order chi connectivity index (χ0) is 18.3. The van der Waals surface area contributed by atoms with E-state index in [0.717, 1.165) is 38.5 Å². The van der Waals surface area contributed by atoms with Crippen LogP contribution in [0.25, 0.3) is 0 Å². The van der Waals surface area contributed by atoms with Gasteiger partial charge in [0.15, 0.2) is 0 Å². The summed E-state index contributed by atoms with van der Waals surface area (Å²) in [6.07, 6.45) is 6.17. The van der Waals surface area contributed by atoms with Crippen molar-refractivity contribution in [2.24, 2.45) is 23.7 Å². The summed E-state index contributed by atoms with van der Waals surface area (Å²) in [5.41, 5.74) is 0. The van der Waals surface area contributed by atoms with Crippen molar-refractivity contribution in [1.82, 2.24) is 0 Å². The van der Waals surface area contributed by atoms with Crippen molar-refractivity contribution in [3.8, 4) is 0 Å². The quantitative estimate of drug-likeness (QED) is 0.779. The van der Waals surface area contributed by atoms with Gasteiger partial charge in [0.2, 0.25) is 0 Å². The topological polar surface area (TPSA) is 68.3 Å². The highest BCUT2D eigenvalue weighted by Crippen LogP contribution is 2.29. The molecule has 0 amide bonds. The smallest absolute Gasteiger partial charge is 0.136 e. The van der Waals surface area contributed by atoms with E-state index >= 15 is 0 Å². The molecule has 0 aromatic rings. The summed E-state index contributed by atoms with van der Waals surface area (Å²) in [5.74, 6) is 1.85. The molecular weight excluding hydrogens is 304 g/mol. The Morgan fingerprint density at radius 2 is 1.12 bits per heavy atom. The molecule has 0 aromatic heterocycles. The van der Waals surface area contributed by atoms with Gasteiger partial charge >= 0.3 is 0 Å². The summed E-state index contributed by atoms with van der Waals surface area (Å²) >= 11 is 0. The molecule has 136 valence electrons. The van der Waals surface area contributed by atoms with Crippen LogP contribution >= 0.6 is 0 Å². The third-order valence-electron chi connectivity index (χ3n) is 5.66. The first kappa shape index (κ1) is 20.7. The molecule has 2 aliphatic carbocycles. The molecule has 4 unspecified atom stereocenters. The second-order valence-electron chi connectivity index (χ2n) is 7.31. The second-order valence-corrected chi connectivity index (χ2v) is 7.31. The number of hydrogen-bond donors (Lipinski definition) is 0. The molecule has 0 heterocycles. The lowest BCUT2D eigenvalue weighted by molar-refractivity contribution is -0.130. The predicted octanol–water partition coefficient (Wildman–Crippen LogP) is 3.94. The summed E-state index contributed by atoms with van der Waals surface area (Å²) in [7, 11) is 0. The van der Waals surface area contributed by atoms with E-state index in [-0.39, 0.29) is 35.2 Å². The Morgan fingerprint density at radius 1 is 0.792 bits per heavy atom. The highest BCUT2D eigenvalue weighted by molar-refractivity contribution is 5.86. The molecule has 24 heavy (non-hydrogen) atoms. The second kappa shape index (κ2) is 9.85. The van der Waals surface area contributed by atoms with Gasteiger partial charge in [0.1, 0.15) is 23.1 Å². The van der Waals surface area contributed by atoms with Crippen LogP contribution in [0.3, 0.4) is 0 Å². The van der Waals surface area contributed by atoms with Crippen molar-refractivity contribution in [3.63, 3.8) is 0 Å². The fraction of sp³-hybridized carbons (Fsp3) is 0.800. The lowest BCUT2D eigenvalue weighted by Gasteiger charge is -2.25. The van der Waals surface area contributed by atoms with Crippen LogP contribution in [-0.4, -0.2) is 23.1 Å². The minimum Gasteiger partial charge on any atom is -0.300 e. The van der Waals surface area contributed by atoms with Gasteiger partial charge in [0, 0.05) is 36.5 Å². The summed E-state index contributed by atoms with van der Waals surface area (Å²) in [5, 5.41) is 0. The Labute approximate surface area is 145 Å². The van der Waals surface area contributed by atoms with E-state index in [1.807, 2.05) is 13.8 Å². The van der Waals surface area contributed by atoms with Gasteiger partial charge in [-0.3, -0.25) is 19.2 Å². The third kappa shape index (κ3) is 5.95. The van der Waals surface area contributed by atoms with E-state index in [1.165, 1.54) is 0 Å². The van der Waals surface area contributed by atoms with E-state index in [1.54, 1.807) is 13.8 Å². The maximum atomic E-state index is 11.3. The van der Waals surface area contributed by atoms with E-state index in [2.05, 4.69) is 0 Å². The average Bonchev–Trinajstić information content (AvgIpc) is 2.55. The molecule has 2 rings (SSSR count). The van der Waals surface area contributed by atoms with Gasteiger partial charge in [-0.25, -0.2) is 0 Å². The van der Waals surface area contributed by atoms with Crippen molar-refractivity contribution in [2.75, 3.05) is 0 Å². The molecule has 0 bridgehead atoms. The number of Topliss-reactive ketones (excluding diaryl/α,β-unsaturated/α-hetero) is 4. The molecule has 2 aliphatic rings. The molecule has 0 aromatic carbocycles. The minimum absolute atomic E-state index is 0.160. The van der Waals surface area contributed by atoms with Gasteiger partial charge in [-0.2, -0.15) is 0 Å². The maximum absolute atomic E-state index is 11.3. The lowest BCUT2D eigenvalue weighted by atomic mass is 9.78. The molecule has 4 heteroatoms. The summed E-state index contributed by atoms with van der Waals surface area (Å²) in [4.78, 5) is 44.7. The zero-order valence-electron chi connectivity index (χ0n) is 15.6. The molecule has 0 aliphatic heterocycles. The van der Waals surface area contributed by atoms with Gasteiger partial charge in [0.05, 0.1) is 0 Å². The van der Waals surface area contributed by atoms with Crippen LogP contribution in [0.15, 0.2) is 0 Å². The largest absolute Gasteiger partial charge is 0.300 e. The molecule has 0 spiro atoms. The van der Waals surface area contributed by atoms with Crippen LogP contribution in [0.4, 0.5) is 0 Å². The molecule has 4 nitrogen and oxygen atoms in total. The van der Waals surface area contributed by atoms with Crippen molar-refractivity contribution < 1.29 is 19.2 Å². The number of rotatable bonds is 4. The van der Waals surface area contributed by atoms with Gasteiger partial charge < -0.3 is 0 Å². The first-order chi connectivity index (χ1) is 11.3. The van der Waals surface area contributed by atoms with Crippen molar-refractivity contribution in [1.29, 1.82) is 0 Å². The van der Waals surface area contributed by atoms with Gasteiger partial charge in [-0.15, -0.1) is 0 Å². The first-order valence-corrected chi connectivity index (χ1v) is 9.36. The predicted molar refractivity (Wildman–Crippen MR) is 93.6 cm³/mol. The number of carbonyl (C=O) groups is 4. The van der Waals surface area contributed by atoms with Gasteiger partial charge in [-0.05, 0) is 52.4 Å². The lowest BCUT2D eigenvalue weighted by Crippen LogP contribution is -2.27. The Balaban J connectivity index is 0.000000240. The third-order valence-corrected chi connectivity index (χ3v) is 5.66. The van der Waals surface area contributed by atoms with Crippen LogP contribution in [0.1, 0.15) is 79.1 Å². The zero-order valence-corrected chi connectivity index (χ0v) is 15.6. The highest BCUT2D eigenvalue weighted by Gasteiger charge is 2.30. The summed E-state index contributed by atoms with van der Waals surface area (Å²) in [6, 6.07) is 0. The average molecular weight is 336 g/mol. The maximum Gasteiger partial charge on any atom is 0.136 e. The number of ketones is 4. The highest BCUT2D eigenvalue weighted by atomic mass is 16.1. The Morgan fingerprint density at radius 3 is 1.38 bits per heavy atom. The number of carbonyl (C=O) groups excluding carboxylic acids is 4. The van der Waals surface area contributed by atoms with E-state index in [9.17, 15) is 19.2 Å². The molecule has 0 saturated heterocycles. The molecule has 4 atom stereocenters. The molecule has 2 saturated carbocycles. The molecule has 2 fully saturated rings. The fourth-order valence-corrected chi connectivity index (χ4v) is 3.75.